The van der Waals surface area contributed by atoms with Crippen molar-refractivity contribution in [2.24, 2.45) is 0 Å². The van der Waals surface area contributed by atoms with E-state index in [1.165, 1.54) is 6.92 Å². The van der Waals surface area contributed by atoms with Crippen molar-refractivity contribution in [2.75, 3.05) is 19.7 Å². The van der Waals surface area contributed by atoms with Crippen LogP contribution in [0.2, 0.25) is 0 Å². The Morgan fingerprint density at radius 1 is 1.24 bits per heavy atom. The average Bonchev–Trinajstić information content (AvgIpc) is 2.43. The van der Waals surface area contributed by atoms with Crippen LogP contribution in [-0.4, -0.2) is 36.7 Å². The summed E-state index contributed by atoms with van der Waals surface area (Å²) in [7, 11) is 0. The number of carbonyl (C=O) groups excluding carboxylic acids is 1. The molecule has 0 heterocycles. The summed E-state index contributed by atoms with van der Waals surface area (Å²) in [5, 5.41) is 14.9. The maximum absolute atomic E-state index is 11.3. The third kappa shape index (κ3) is 6.27. The van der Waals surface area contributed by atoms with Crippen molar-refractivity contribution < 1.29 is 19.4 Å². The van der Waals surface area contributed by atoms with Crippen molar-refractivity contribution >= 4 is 11.9 Å². The molecule has 0 bridgehead atoms. The van der Waals surface area contributed by atoms with Gasteiger partial charge in [-0.3, -0.25) is 9.59 Å². The minimum absolute atomic E-state index is 0.0868. The van der Waals surface area contributed by atoms with Crippen molar-refractivity contribution in [3.8, 4) is 5.75 Å². The minimum Gasteiger partial charge on any atom is -0.494 e. The highest BCUT2D eigenvalue weighted by Gasteiger charge is 2.18. The highest BCUT2D eigenvalue weighted by Crippen LogP contribution is 2.18. The number of carboxylic acids is 1. The van der Waals surface area contributed by atoms with E-state index in [4.69, 9.17) is 4.74 Å². The molecule has 0 aromatic heterocycles. The van der Waals surface area contributed by atoms with Crippen LogP contribution in [0.4, 0.5) is 0 Å². The Morgan fingerprint density at radius 2 is 1.90 bits per heavy atom. The van der Waals surface area contributed by atoms with Crippen molar-refractivity contribution in [2.45, 2.75) is 26.3 Å². The Kier molecular flexibility index (Phi) is 7.25. The van der Waals surface area contributed by atoms with Crippen molar-refractivity contribution in [1.29, 1.82) is 0 Å². The summed E-state index contributed by atoms with van der Waals surface area (Å²) in [6, 6.07) is 6.23. The first-order valence-electron chi connectivity index (χ1n) is 6.98. The van der Waals surface area contributed by atoms with Gasteiger partial charge in [0.25, 0.3) is 0 Å². The first-order chi connectivity index (χ1) is 10.0. The molecule has 0 spiro atoms. The molecule has 0 fully saturated rings. The van der Waals surface area contributed by atoms with E-state index in [1.54, 1.807) is 24.3 Å². The summed E-state index contributed by atoms with van der Waals surface area (Å²) in [5.41, 5.74) is 0.672. The zero-order chi connectivity index (χ0) is 15.7. The fourth-order valence-corrected chi connectivity index (χ4v) is 1.87. The Bertz CT molecular complexity index is 459. The van der Waals surface area contributed by atoms with Crippen LogP contribution in [-0.2, 0) is 9.59 Å². The molecule has 0 aliphatic carbocycles. The average molecular weight is 294 g/mol. The molecule has 0 radical (unpaired) electrons. The lowest BCUT2D eigenvalue weighted by molar-refractivity contribution is -0.139. The summed E-state index contributed by atoms with van der Waals surface area (Å²) in [6.45, 7) is 4.95. The SMILES string of the molecule is CCOc1ccc(C(NCCCNC(C)=O)C(=O)O)cc1. The van der Waals surface area contributed by atoms with Crippen LogP contribution in [0.5, 0.6) is 5.75 Å². The van der Waals surface area contributed by atoms with Gasteiger partial charge in [-0.2, -0.15) is 0 Å². The molecule has 0 saturated heterocycles. The molecule has 6 nitrogen and oxygen atoms in total. The topological polar surface area (TPSA) is 87.7 Å². The quantitative estimate of drug-likeness (QED) is 0.598. The summed E-state index contributed by atoms with van der Waals surface area (Å²) >= 11 is 0. The molecule has 1 atom stereocenters. The monoisotopic (exact) mass is 294 g/mol. The fraction of sp³-hybridized carbons (Fsp3) is 0.467. The van der Waals surface area contributed by atoms with E-state index in [0.29, 0.717) is 31.7 Å². The number of hydrogen-bond acceptors (Lipinski definition) is 4. The Hall–Kier alpha value is -2.08. The number of nitrogens with one attached hydrogen (secondary N) is 2. The van der Waals surface area contributed by atoms with Crippen LogP contribution < -0.4 is 15.4 Å². The van der Waals surface area contributed by atoms with Crippen LogP contribution in [0.15, 0.2) is 24.3 Å². The van der Waals surface area contributed by atoms with Gasteiger partial charge in [0.15, 0.2) is 0 Å². The lowest BCUT2D eigenvalue weighted by Gasteiger charge is -2.15. The summed E-state index contributed by atoms with van der Waals surface area (Å²) in [5.74, 6) is -0.300. The van der Waals surface area contributed by atoms with Gasteiger partial charge in [-0.05, 0) is 37.6 Å². The van der Waals surface area contributed by atoms with Crippen molar-refractivity contribution in [1.82, 2.24) is 10.6 Å². The zero-order valence-electron chi connectivity index (χ0n) is 12.4. The van der Waals surface area contributed by atoms with Crippen LogP contribution in [0.25, 0.3) is 0 Å². The van der Waals surface area contributed by atoms with E-state index in [0.717, 1.165) is 5.75 Å². The number of amides is 1. The second kappa shape index (κ2) is 8.97. The van der Waals surface area contributed by atoms with E-state index in [-0.39, 0.29) is 5.91 Å². The van der Waals surface area contributed by atoms with Gasteiger partial charge in [0.2, 0.25) is 5.91 Å². The Balaban J connectivity index is 2.52. The first-order valence-corrected chi connectivity index (χ1v) is 6.98. The van der Waals surface area contributed by atoms with Gasteiger partial charge >= 0.3 is 5.97 Å². The largest absolute Gasteiger partial charge is 0.494 e. The maximum atomic E-state index is 11.3. The van der Waals surface area contributed by atoms with E-state index >= 15 is 0 Å². The summed E-state index contributed by atoms with van der Waals surface area (Å²) < 4.78 is 5.33. The maximum Gasteiger partial charge on any atom is 0.325 e. The minimum atomic E-state index is -0.932. The first kappa shape index (κ1) is 17.0. The van der Waals surface area contributed by atoms with E-state index in [9.17, 15) is 14.7 Å². The van der Waals surface area contributed by atoms with Crippen molar-refractivity contribution in [3.05, 3.63) is 29.8 Å². The predicted octanol–water partition coefficient (Wildman–Crippen LogP) is 1.33. The Labute approximate surface area is 124 Å². The summed E-state index contributed by atoms with van der Waals surface area (Å²) in [4.78, 5) is 22.0. The number of ether oxygens (including phenoxy) is 1. The molecular formula is C15H22N2O4. The molecule has 116 valence electrons. The lowest BCUT2D eigenvalue weighted by Crippen LogP contribution is -2.31. The molecule has 1 amide bonds. The number of hydrogen-bond donors (Lipinski definition) is 3. The number of benzene rings is 1. The van der Waals surface area contributed by atoms with Gasteiger partial charge in [-0.15, -0.1) is 0 Å². The molecule has 6 heteroatoms. The smallest absolute Gasteiger partial charge is 0.325 e. The van der Waals surface area contributed by atoms with E-state index < -0.39 is 12.0 Å². The zero-order valence-corrected chi connectivity index (χ0v) is 12.4. The molecule has 3 N–H and O–H groups in total. The Morgan fingerprint density at radius 3 is 2.43 bits per heavy atom. The van der Waals surface area contributed by atoms with E-state index in [2.05, 4.69) is 10.6 Å². The van der Waals surface area contributed by atoms with Crippen LogP contribution in [0.1, 0.15) is 31.9 Å². The van der Waals surface area contributed by atoms with Crippen molar-refractivity contribution in [3.63, 3.8) is 0 Å². The second-order valence-corrected chi connectivity index (χ2v) is 4.56. The number of carbonyl (C=O) groups is 2. The molecule has 1 rings (SSSR count). The third-order valence-corrected chi connectivity index (χ3v) is 2.85. The molecule has 0 aliphatic rings. The standard InChI is InChI=1S/C15H22N2O4/c1-3-21-13-7-5-12(6-8-13)14(15(19)20)17-10-4-9-16-11(2)18/h5-8,14,17H,3-4,9-10H2,1-2H3,(H,16,18)(H,19,20). The highest BCUT2D eigenvalue weighted by atomic mass is 16.5. The fourth-order valence-electron chi connectivity index (χ4n) is 1.87. The molecular weight excluding hydrogens is 272 g/mol. The number of rotatable bonds is 9. The van der Waals surface area contributed by atoms with Gasteiger partial charge < -0.3 is 20.5 Å². The van der Waals surface area contributed by atoms with Crippen LogP contribution in [0, 0.1) is 0 Å². The van der Waals surface area contributed by atoms with Crippen LogP contribution >= 0.6 is 0 Å². The molecule has 1 aromatic carbocycles. The number of carboxylic acid groups (broad SMARTS) is 1. The molecule has 0 aliphatic heterocycles. The molecule has 1 aromatic rings. The van der Waals surface area contributed by atoms with Gasteiger partial charge in [-0.25, -0.2) is 0 Å². The van der Waals surface area contributed by atoms with Gasteiger partial charge in [0, 0.05) is 13.5 Å². The van der Waals surface area contributed by atoms with Gasteiger partial charge in [-0.1, -0.05) is 12.1 Å². The molecule has 1 unspecified atom stereocenters. The predicted molar refractivity (Wildman–Crippen MR) is 79.3 cm³/mol. The van der Waals surface area contributed by atoms with E-state index in [1.807, 2.05) is 6.92 Å². The third-order valence-electron chi connectivity index (χ3n) is 2.85. The summed E-state index contributed by atoms with van der Waals surface area (Å²) in [6.07, 6.45) is 0.667. The lowest BCUT2D eigenvalue weighted by atomic mass is 10.1. The van der Waals surface area contributed by atoms with Gasteiger partial charge in [0.05, 0.1) is 6.61 Å². The van der Waals surface area contributed by atoms with Gasteiger partial charge in [0.1, 0.15) is 11.8 Å². The molecule has 0 saturated carbocycles. The highest BCUT2D eigenvalue weighted by molar-refractivity contribution is 5.75. The normalized spacial score (nSPS) is 11.7. The second-order valence-electron chi connectivity index (χ2n) is 4.56. The number of aliphatic carboxylic acids is 1. The molecule has 21 heavy (non-hydrogen) atoms. The van der Waals surface area contributed by atoms with Crippen LogP contribution in [0.3, 0.4) is 0 Å².